The second kappa shape index (κ2) is 8.35. The van der Waals surface area contributed by atoms with Gasteiger partial charge in [0.25, 0.3) is 11.8 Å². The van der Waals surface area contributed by atoms with Crippen LogP contribution in [0.2, 0.25) is 0 Å². The van der Waals surface area contributed by atoms with E-state index in [0.717, 1.165) is 0 Å². The second-order valence-electron chi connectivity index (χ2n) is 7.06. The molecule has 1 heterocycles. The molecule has 0 spiro atoms. The number of ether oxygens (including phenoxy) is 1. The molecule has 2 amide bonds. The first-order valence-electron chi connectivity index (χ1n) is 9.85. The molecule has 0 fully saturated rings. The lowest BCUT2D eigenvalue weighted by molar-refractivity contribution is 0.0978. The number of carbonyl (C=O) groups excluding carboxylic acids is 2. The van der Waals surface area contributed by atoms with Crippen molar-refractivity contribution in [2.45, 2.75) is 16.7 Å². The molecule has 3 aromatic rings. The Hall–Kier alpha value is -3.45. The van der Waals surface area contributed by atoms with E-state index in [2.05, 4.69) is 0 Å². The van der Waals surface area contributed by atoms with Crippen LogP contribution >= 0.6 is 0 Å². The molecule has 1 unspecified atom stereocenters. The topological polar surface area (TPSA) is 66.9 Å². The molecule has 7 heteroatoms. The summed E-state index contributed by atoms with van der Waals surface area (Å²) in [6, 6.07) is 19.1. The van der Waals surface area contributed by atoms with E-state index in [1.807, 2.05) is 6.92 Å². The molecular formula is C24H22N2O4S. The van der Waals surface area contributed by atoms with Gasteiger partial charge in [-0.3, -0.25) is 9.59 Å². The van der Waals surface area contributed by atoms with Gasteiger partial charge in [-0.15, -0.1) is 0 Å². The first kappa shape index (κ1) is 20.8. The van der Waals surface area contributed by atoms with Crippen molar-refractivity contribution in [1.82, 2.24) is 0 Å². The number of anilines is 2. The highest BCUT2D eigenvalue weighted by molar-refractivity contribution is 7.85. The summed E-state index contributed by atoms with van der Waals surface area (Å²) < 4.78 is 18.4. The minimum atomic E-state index is -1.52. The first-order valence-corrected chi connectivity index (χ1v) is 11.0. The van der Waals surface area contributed by atoms with Crippen molar-refractivity contribution in [2.75, 3.05) is 30.5 Å². The predicted molar refractivity (Wildman–Crippen MR) is 121 cm³/mol. The maximum Gasteiger partial charge on any atom is 0.259 e. The number of benzene rings is 3. The minimum Gasteiger partial charge on any atom is -0.497 e. The van der Waals surface area contributed by atoms with E-state index in [4.69, 9.17) is 4.74 Å². The van der Waals surface area contributed by atoms with Gasteiger partial charge in [-0.2, -0.15) is 0 Å². The van der Waals surface area contributed by atoms with E-state index < -0.39 is 10.8 Å². The zero-order chi connectivity index (χ0) is 22.1. The number of carbonyl (C=O) groups is 2. The van der Waals surface area contributed by atoms with E-state index >= 15 is 0 Å². The largest absolute Gasteiger partial charge is 0.497 e. The molecule has 3 aromatic carbocycles. The number of rotatable bonds is 4. The minimum absolute atomic E-state index is 0.224. The number of methoxy groups -OCH3 is 1. The Labute approximate surface area is 183 Å². The molecule has 0 aromatic heterocycles. The van der Waals surface area contributed by atoms with Gasteiger partial charge in [-0.1, -0.05) is 12.1 Å². The third kappa shape index (κ3) is 3.61. The lowest BCUT2D eigenvalue weighted by Gasteiger charge is -2.23. The summed E-state index contributed by atoms with van der Waals surface area (Å²) in [5.41, 5.74) is 2.03. The summed E-state index contributed by atoms with van der Waals surface area (Å²) in [5.74, 6) is 0.246. The summed E-state index contributed by atoms with van der Waals surface area (Å²) in [5, 5.41) is 0. The van der Waals surface area contributed by atoms with Crippen molar-refractivity contribution < 1.29 is 18.5 Å². The van der Waals surface area contributed by atoms with Crippen LogP contribution in [0.1, 0.15) is 27.6 Å². The third-order valence-corrected chi connectivity index (χ3v) is 6.84. The molecule has 158 valence electrons. The highest BCUT2D eigenvalue weighted by Crippen LogP contribution is 2.35. The highest BCUT2D eigenvalue weighted by atomic mass is 32.2. The maximum atomic E-state index is 13.3. The molecule has 1 aliphatic rings. The van der Waals surface area contributed by atoms with Crippen molar-refractivity contribution in [3.05, 3.63) is 77.9 Å². The van der Waals surface area contributed by atoms with E-state index in [1.54, 1.807) is 85.8 Å². The summed E-state index contributed by atoms with van der Waals surface area (Å²) >= 11 is 0. The summed E-state index contributed by atoms with van der Waals surface area (Å²) in [6.45, 7) is 2.25. The van der Waals surface area contributed by atoms with E-state index in [1.165, 1.54) is 4.90 Å². The quantitative estimate of drug-likeness (QED) is 0.620. The fraction of sp³-hybridized carbons (Fsp3) is 0.167. The Bertz CT molecular complexity index is 1190. The fourth-order valence-electron chi connectivity index (χ4n) is 3.63. The Kier molecular flexibility index (Phi) is 5.61. The van der Waals surface area contributed by atoms with Crippen molar-refractivity contribution in [3.63, 3.8) is 0 Å². The maximum absolute atomic E-state index is 13.3. The number of nitrogens with zero attached hydrogens (tertiary/aromatic N) is 2. The van der Waals surface area contributed by atoms with Crippen LogP contribution in [0.4, 0.5) is 11.4 Å². The van der Waals surface area contributed by atoms with Crippen molar-refractivity contribution in [3.8, 4) is 5.75 Å². The van der Waals surface area contributed by atoms with Gasteiger partial charge >= 0.3 is 0 Å². The van der Waals surface area contributed by atoms with Crippen LogP contribution in [0.5, 0.6) is 5.75 Å². The SMILES string of the molecule is CCN1C(=O)c2ccccc2S(=O)c2ccc(C(=O)N(C)c3ccc(OC)cc3)cc21. The van der Waals surface area contributed by atoms with E-state index in [0.29, 0.717) is 44.6 Å². The van der Waals surface area contributed by atoms with Crippen LogP contribution in [0.3, 0.4) is 0 Å². The summed E-state index contributed by atoms with van der Waals surface area (Å²) in [7, 11) is 1.75. The standard InChI is InChI=1S/C24H22N2O4S/c1-4-26-20-15-16(23(27)25(2)17-10-12-18(30-3)13-11-17)9-14-22(20)31(29)21-8-6-5-7-19(21)24(26)28/h5-15H,4H2,1-3H3. The average Bonchev–Trinajstić information content (AvgIpc) is 2.91. The third-order valence-electron chi connectivity index (χ3n) is 5.34. The zero-order valence-electron chi connectivity index (χ0n) is 17.5. The number of hydrogen-bond acceptors (Lipinski definition) is 4. The molecule has 0 aliphatic carbocycles. The van der Waals surface area contributed by atoms with Crippen LogP contribution < -0.4 is 14.5 Å². The predicted octanol–water partition coefficient (Wildman–Crippen LogP) is 4.12. The van der Waals surface area contributed by atoms with Gasteiger partial charge in [0.15, 0.2) is 0 Å². The Morgan fingerprint density at radius 3 is 2.42 bits per heavy atom. The van der Waals surface area contributed by atoms with Crippen molar-refractivity contribution in [1.29, 1.82) is 0 Å². The van der Waals surface area contributed by atoms with Gasteiger partial charge in [-0.25, -0.2) is 4.21 Å². The van der Waals surface area contributed by atoms with Gasteiger partial charge < -0.3 is 14.5 Å². The van der Waals surface area contributed by atoms with E-state index in [9.17, 15) is 13.8 Å². The van der Waals surface area contributed by atoms with Crippen LogP contribution in [-0.2, 0) is 10.8 Å². The zero-order valence-corrected chi connectivity index (χ0v) is 18.3. The number of hydrogen-bond donors (Lipinski definition) is 0. The molecule has 0 N–H and O–H groups in total. The van der Waals surface area contributed by atoms with Gasteiger partial charge in [0.1, 0.15) is 5.75 Å². The lowest BCUT2D eigenvalue weighted by atomic mass is 10.1. The smallest absolute Gasteiger partial charge is 0.259 e. The van der Waals surface area contributed by atoms with Gasteiger partial charge in [0, 0.05) is 24.8 Å². The van der Waals surface area contributed by atoms with Gasteiger partial charge in [0.2, 0.25) is 0 Å². The van der Waals surface area contributed by atoms with Crippen LogP contribution in [-0.4, -0.2) is 36.7 Å². The second-order valence-corrected chi connectivity index (χ2v) is 8.48. The van der Waals surface area contributed by atoms with Crippen molar-refractivity contribution in [2.24, 2.45) is 0 Å². The molecule has 31 heavy (non-hydrogen) atoms. The Balaban J connectivity index is 1.75. The first-order chi connectivity index (χ1) is 15.0. The number of amides is 2. The van der Waals surface area contributed by atoms with Crippen LogP contribution in [0.25, 0.3) is 0 Å². The van der Waals surface area contributed by atoms with Crippen molar-refractivity contribution >= 4 is 34.0 Å². The molecule has 0 saturated heterocycles. The molecule has 0 radical (unpaired) electrons. The molecule has 4 rings (SSSR count). The van der Waals surface area contributed by atoms with Crippen LogP contribution in [0.15, 0.2) is 76.5 Å². The molecule has 1 aliphatic heterocycles. The molecule has 0 bridgehead atoms. The van der Waals surface area contributed by atoms with Gasteiger partial charge in [0.05, 0.1) is 39.0 Å². The number of fused-ring (bicyclic) bond motifs is 2. The Morgan fingerprint density at radius 2 is 1.74 bits per heavy atom. The van der Waals surface area contributed by atoms with E-state index in [-0.39, 0.29) is 11.8 Å². The normalized spacial score (nSPS) is 15.0. The van der Waals surface area contributed by atoms with Gasteiger partial charge in [-0.05, 0) is 61.5 Å². The highest BCUT2D eigenvalue weighted by Gasteiger charge is 2.30. The monoisotopic (exact) mass is 434 g/mol. The lowest BCUT2D eigenvalue weighted by Crippen LogP contribution is -2.31. The summed E-state index contributed by atoms with van der Waals surface area (Å²) in [6.07, 6.45) is 0. The molecule has 1 atom stereocenters. The molecule has 0 saturated carbocycles. The fourth-order valence-corrected chi connectivity index (χ4v) is 4.97. The average molecular weight is 435 g/mol. The Morgan fingerprint density at radius 1 is 1.03 bits per heavy atom. The molecule has 6 nitrogen and oxygen atoms in total. The molecular weight excluding hydrogens is 412 g/mol. The van der Waals surface area contributed by atoms with Crippen LogP contribution in [0, 0.1) is 0 Å². The summed E-state index contributed by atoms with van der Waals surface area (Å²) in [4.78, 5) is 30.4.